The van der Waals surface area contributed by atoms with Crippen LogP contribution in [0.3, 0.4) is 0 Å². The topological polar surface area (TPSA) is 35.2 Å². The number of nitrogens with two attached hydrogens (primary N) is 1. The molecule has 3 heteroatoms. The predicted molar refractivity (Wildman–Crippen MR) is 66.5 cm³/mol. The average Bonchev–Trinajstić information content (AvgIpc) is 2.20. The molecule has 1 rings (SSSR count). The quantitative estimate of drug-likeness (QED) is 0.596. The van der Waals surface area contributed by atoms with E-state index < -0.39 is 0 Å². The molecule has 2 nitrogen and oxygen atoms in total. The molecule has 0 saturated heterocycles. The lowest BCUT2D eigenvalue weighted by atomic mass is 10.2. The van der Waals surface area contributed by atoms with Gasteiger partial charge in [-0.15, -0.1) is 11.8 Å². The number of ether oxygens (including phenoxy) is 1. The van der Waals surface area contributed by atoms with E-state index in [0.717, 1.165) is 12.4 Å². The number of rotatable bonds is 6. The molecule has 1 aromatic rings. The van der Waals surface area contributed by atoms with Crippen LogP contribution < -0.4 is 5.73 Å². The lowest BCUT2D eigenvalue weighted by molar-refractivity contribution is 0.158. The SMILES string of the molecule is Cc1ccc(SCCOCCN)c(C)c1. The molecule has 0 fully saturated rings. The Morgan fingerprint density at radius 2 is 2.07 bits per heavy atom. The van der Waals surface area contributed by atoms with Crippen molar-refractivity contribution >= 4 is 11.8 Å². The van der Waals surface area contributed by atoms with Gasteiger partial charge in [0.05, 0.1) is 13.2 Å². The standard InChI is InChI=1S/C12H19NOS/c1-10-3-4-12(11(2)9-10)15-8-7-14-6-5-13/h3-4,9H,5-8,13H2,1-2H3. The Morgan fingerprint density at radius 1 is 1.27 bits per heavy atom. The van der Waals surface area contributed by atoms with Crippen LogP contribution in [0.4, 0.5) is 0 Å². The lowest BCUT2D eigenvalue weighted by Gasteiger charge is -2.06. The second-order valence-corrected chi connectivity index (χ2v) is 4.66. The summed E-state index contributed by atoms with van der Waals surface area (Å²) >= 11 is 1.84. The van der Waals surface area contributed by atoms with E-state index in [1.165, 1.54) is 16.0 Å². The highest BCUT2D eigenvalue weighted by Gasteiger charge is 1.98. The van der Waals surface area contributed by atoms with Crippen LogP contribution in [-0.2, 0) is 4.74 Å². The van der Waals surface area contributed by atoms with Crippen molar-refractivity contribution in [2.24, 2.45) is 5.73 Å². The fourth-order valence-electron chi connectivity index (χ4n) is 1.36. The van der Waals surface area contributed by atoms with Gasteiger partial charge in [-0.05, 0) is 25.5 Å². The third-order valence-electron chi connectivity index (χ3n) is 2.08. The van der Waals surface area contributed by atoms with E-state index in [-0.39, 0.29) is 0 Å². The smallest absolute Gasteiger partial charge is 0.0589 e. The Kier molecular flexibility index (Phi) is 5.76. The van der Waals surface area contributed by atoms with Crippen molar-refractivity contribution in [2.75, 3.05) is 25.5 Å². The van der Waals surface area contributed by atoms with Gasteiger partial charge in [0.2, 0.25) is 0 Å². The largest absolute Gasteiger partial charge is 0.379 e. The summed E-state index contributed by atoms with van der Waals surface area (Å²) in [4.78, 5) is 1.34. The van der Waals surface area contributed by atoms with Crippen molar-refractivity contribution in [3.05, 3.63) is 29.3 Å². The molecule has 0 atom stereocenters. The Labute approximate surface area is 96.2 Å². The van der Waals surface area contributed by atoms with Crippen molar-refractivity contribution in [3.63, 3.8) is 0 Å². The van der Waals surface area contributed by atoms with Crippen molar-refractivity contribution < 1.29 is 4.74 Å². The summed E-state index contributed by atoms with van der Waals surface area (Å²) in [5, 5.41) is 0. The van der Waals surface area contributed by atoms with Crippen LogP contribution in [0.25, 0.3) is 0 Å². The molecule has 15 heavy (non-hydrogen) atoms. The van der Waals surface area contributed by atoms with Gasteiger partial charge < -0.3 is 10.5 Å². The van der Waals surface area contributed by atoms with Crippen molar-refractivity contribution in [2.45, 2.75) is 18.7 Å². The molecule has 0 spiro atoms. The minimum atomic E-state index is 0.605. The third kappa shape index (κ3) is 4.69. The van der Waals surface area contributed by atoms with Crippen molar-refractivity contribution in [1.82, 2.24) is 0 Å². The Hall–Kier alpha value is -0.510. The Bertz CT molecular complexity index is 302. The van der Waals surface area contributed by atoms with Gasteiger partial charge in [-0.25, -0.2) is 0 Å². The lowest BCUT2D eigenvalue weighted by Crippen LogP contribution is -2.09. The first-order valence-corrected chi connectivity index (χ1v) is 6.20. The number of aryl methyl sites for hydroxylation is 2. The molecule has 0 unspecified atom stereocenters. The molecular weight excluding hydrogens is 206 g/mol. The van der Waals surface area contributed by atoms with Gasteiger partial charge >= 0.3 is 0 Å². The third-order valence-corrected chi connectivity index (χ3v) is 3.22. The summed E-state index contributed by atoms with van der Waals surface area (Å²) in [6.45, 7) is 6.30. The summed E-state index contributed by atoms with van der Waals surface area (Å²) in [5.74, 6) is 0.990. The van der Waals surface area contributed by atoms with E-state index in [4.69, 9.17) is 10.5 Å². The van der Waals surface area contributed by atoms with Gasteiger partial charge in [0, 0.05) is 17.2 Å². The summed E-state index contributed by atoms with van der Waals surface area (Å²) in [7, 11) is 0. The first-order valence-electron chi connectivity index (χ1n) is 5.22. The zero-order chi connectivity index (χ0) is 11.1. The highest BCUT2D eigenvalue weighted by atomic mass is 32.2. The Morgan fingerprint density at radius 3 is 2.73 bits per heavy atom. The molecule has 0 aromatic heterocycles. The first kappa shape index (κ1) is 12.6. The minimum Gasteiger partial charge on any atom is -0.379 e. The highest BCUT2D eigenvalue weighted by Crippen LogP contribution is 2.22. The molecule has 0 saturated carbocycles. The van der Waals surface area contributed by atoms with Gasteiger partial charge in [0.15, 0.2) is 0 Å². The zero-order valence-corrected chi connectivity index (χ0v) is 10.3. The van der Waals surface area contributed by atoms with Gasteiger partial charge in [-0.2, -0.15) is 0 Å². The number of hydrogen-bond acceptors (Lipinski definition) is 3. The first-order chi connectivity index (χ1) is 7.24. The number of thioether (sulfide) groups is 1. The summed E-state index contributed by atoms with van der Waals surface area (Å²) in [6.07, 6.45) is 0. The molecule has 0 amide bonds. The van der Waals surface area contributed by atoms with Crippen LogP contribution in [0.2, 0.25) is 0 Å². The van der Waals surface area contributed by atoms with E-state index in [1.807, 2.05) is 11.8 Å². The maximum Gasteiger partial charge on any atom is 0.0589 e. The minimum absolute atomic E-state index is 0.605. The fraction of sp³-hybridized carbons (Fsp3) is 0.500. The summed E-state index contributed by atoms with van der Waals surface area (Å²) in [5.41, 5.74) is 7.99. The van der Waals surface area contributed by atoms with Crippen LogP contribution in [0, 0.1) is 13.8 Å². The highest BCUT2D eigenvalue weighted by molar-refractivity contribution is 7.99. The molecule has 2 N–H and O–H groups in total. The number of benzene rings is 1. The van der Waals surface area contributed by atoms with E-state index in [0.29, 0.717) is 13.2 Å². The average molecular weight is 225 g/mol. The van der Waals surface area contributed by atoms with E-state index in [1.54, 1.807) is 0 Å². The van der Waals surface area contributed by atoms with E-state index >= 15 is 0 Å². The fourth-order valence-corrected chi connectivity index (χ4v) is 2.23. The molecule has 1 aromatic carbocycles. The van der Waals surface area contributed by atoms with Crippen molar-refractivity contribution in [1.29, 1.82) is 0 Å². The molecule has 0 bridgehead atoms. The zero-order valence-electron chi connectivity index (χ0n) is 9.45. The van der Waals surface area contributed by atoms with Crippen LogP contribution >= 0.6 is 11.8 Å². The molecule has 0 aliphatic rings. The monoisotopic (exact) mass is 225 g/mol. The van der Waals surface area contributed by atoms with E-state index in [2.05, 4.69) is 32.0 Å². The maximum absolute atomic E-state index is 5.33. The molecule has 84 valence electrons. The van der Waals surface area contributed by atoms with Crippen LogP contribution in [0.1, 0.15) is 11.1 Å². The van der Waals surface area contributed by atoms with Gasteiger partial charge in [-0.3, -0.25) is 0 Å². The Balaban J connectivity index is 2.31. The second kappa shape index (κ2) is 6.88. The molecule has 0 aliphatic heterocycles. The van der Waals surface area contributed by atoms with Gasteiger partial charge in [0.25, 0.3) is 0 Å². The van der Waals surface area contributed by atoms with Crippen LogP contribution in [0.15, 0.2) is 23.1 Å². The van der Waals surface area contributed by atoms with Gasteiger partial charge in [0.1, 0.15) is 0 Å². The maximum atomic E-state index is 5.33. The molecular formula is C12H19NOS. The normalized spacial score (nSPS) is 10.6. The predicted octanol–water partition coefficient (Wildman–Crippen LogP) is 2.37. The van der Waals surface area contributed by atoms with Crippen molar-refractivity contribution in [3.8, 4) is 0 Å². The second-order valence-electron chi connectivity index (χ2n) is 3.52. The van der Waals surface area contributed by atoms with Crippen LogP contribution in [0.5, 0.6) is 0 Å². The van der Waals surface area contributed by atoms with Gasteiger partial charge in [-0.1, -0.05) is 17.7 Å². The number of hydrogen-bond donors (Lipinski definition) is 1. The summed E-state index contributed by atoms with van der Waals surface area (Å²) in [6, 6.07) is 6.54. The molecule has 0 heterocycles. The molecule has 0 aliphatic carbocycles. The molecule has 0 radical (unpaired) electrons. The summed E-state index contributed by atoms with van der Waals surface area (Å²) < 4.78 is 5.32. The van der Waals surface area contributed by atoms with Crippen LogP contribution in [-0.4, -0.2) is 25.5 Å². The van der Waals surface area contributed by atoms with E-state index in [9.17, 15) is 0 Å².